The molecule has 120 valence electrons. The molecule has 3 heterocycles. The van der Waals surface area contributed by atoms with Gasteiger partial charge in [0.2, 0.25) is 5.91 Å². The fourth-order valence-corrected chi connectivity index (χ4v) is 3.65. The van der Waals surface area contributed by atoms with Gasteiger partial charge in [0, 0.05) is 42.2 Å². The van der Waals surface area contributed by atoms with E-state index in [2.05, 4.69) is 16.9 Å². The molecule has 1 amide bonds. The third kappa shape index (κ3) is 2.64. The van der Waals surface area contributed by atoms with Crippen LogP contribution in [0.15, 0.2) is 29.2 Å². The Kier molecular flexibility index (Phi) is 3.43. The summed E-state index contributed by atoms with van der Waals surface area (Å²) in [5, 5.41) is 0.886. The van der Waals surface area contributed by atoms with E-state index in [-0.39, 0.29) is 11.5 Å². The minimum Gasteiger partial charge on any atom is -0.342 e. The summed E-state index contributed by atoms with van der Waals surface area (Å²) in [6.45, 7) is 3.73. The lowest BCUT2D eigenvalue weighted by molar-refractivity contribution is -0.133. The third-order valence-electron chi connectivity index (χ3n) is 5.30. The molecule has 5 heteroatoms. The van der Waals surface area contributed by atoms with E-state index in [4.69, 9.17) is 0 Å². The predicted octanol–water partition coefficient (Wildman–Crippen LogP) is 2.29. The average Bonchev–Trinajstić information content (AvgIpc) is 3.31. The van der Waals surface area contributed by atoms with Gasteiger partial charge >= 0.3 is 0 Å². The molecule has 1 saturated heterocycles. The molecule has 2 aromatic heterocycles. The molecule has 2 fully saturated rings. The number of amides is 1. The van der Waals surface area contributed by atoms with Crippen molar-refractivity contribution in [3.8, 4) is 0 Å². The first-order chi connectivity index (χ1) is 11.1. The maximum absolute atomic E-state index is 12.3. The molecule has 0 unspecified atom stereocenters. The van der Waals surface area contributed by atoms with Crippen LogP contribution in [0.2, 0.25) is 0 Å². The van der Waals surface area contributed by atoms with Crippen molar-refractivity contribution < 1.29 is 4.79 Å². The standard InChI is InChI=1S/C18H21N3O2/c1-11-9-14(11)18(23)21-7-4-12(5-8-21)15-10-13-3-2-6-19-16(13)17(22)20-15/h2-3,6,10-12,14H,4-5,7-9H2,1H3,(H,20,22)/t11-,14+/m0/s1. The molecule has 1 aliphatic heterocycles. The molecule has 0 aromatic carbocycles. The Morgan fingerprint density at radius 2 is 2.09 bits per heavy atom. The second-order valence-corrected chi connectivity index (χ2v) is 6.91. The first-order valence-corrected chi connectivity index (χ1v) is 8.40. The highest BCUT2D eigenvalue weighted by Crippen LogP contribution is 2.40. The summed E-state index contributed by atoms with van der Waals surface area (Å²) in [7, 11) is 0. The van der Waals surface area contributed by atoms with Crippen LogP contribution in [0.1, 0.15) is 37.8 Å². The number of likely N-dealkylation sites (tertiary alicyclic amines) is 1. The molecule has 1 N–H and O–H groups in total. The third-order valence-corrected chi connectivity index (χ3v) is 5.30. The van der Waals surface area contributed by atoms with Gasteiger partial charge in [0.25, 0.3) is 5.56 Å². The quantitative estimate of drug-likeness (QED) is 0.925. The summed E-state index contributed by atoms with van der Waals surface area (Å²) in [5.74, 6) is 1.46. The van der Waals surface area contributed by atoms with Gasteiger partial charge in [-0.25, -0.2) is 0 Å². The highest BCUT2D eigenvalue weighted by molar-refractivity contribution is 5.81. The second-order valence-electron chi connectivity index (χ2n) is 6.91. The van der Waals surface area contributed by atoms with Crippen molar-refractivity contribution in [1.29, 1.82) is 0 Å². The number of aromatic amines is 1. The number of piperidine rings is 1. The maximum Gasteiger partial charge on any atom is 0.274 e. The van der Waals surface area contributed by atoms with Gasteiger partial charge in [0.05, 0.1) is 0 Å². The van der Waals surface area contributed by atoms with Gasteiger partial charge < -0.3 is 9.88 Å². The summed E-state index contributed by atoms with van der Waals surface area (Å²) in [5.41, 5.74) is 1.34. The van der Waals surface area contributed by atoms with Gasteiger partial charge in [-0.3, -0.25) is 14.6 Å². The zero-order valence-corrected chi connectivity index (χ0v) is 13.3. The fourth-order valence-electron chi connectivity index (χ4n) is 3.65. The Morgan fingerprint density at radius 3 is 2.78 bits per heavy atom. The summed E-state index contributed by atoms with van der Waals surface area (Å²) in [4.78, 5) is 33.6. The molecule has 23 heavy (non-hydrogen) atoms. The van der Waals surface area contributed by atoms with Crippen molar-refractivity contribution in [3.63, 3.8) is 0 Å². The topological polar surface area (TPSA) is 66.1 Å². The normalized spacial score (nSPS) is 24.8. The van der Waals surface area contributed by atoms with Crippen LogP contribution in [-0.4, -0.2) is 33.9 Å². The van der Waals surface area contributed by atoms with Crippen LogP contribution < -0.4 is 5.56 Å². The smallest absolute Gasteiger partial charge is 0.274 e. The van der Waals surface area contributed by atoms with E-state index in [0.29, 0.717) is 23.3 Å². The Labute approximate surface area is 134 Å². The Bertz CT molecular complexity index is 805. The van der Waals surface area contributed by atoms with Gasteiger partial charge in [-0.05, 0) is 37.3 Å². The van der Waals surface area contributed by atoms with Crippen LogP contribution >= 0.6 is 0 Å². The van der Waals surface area contributed by atoms with E-state index in [9.17, 15) is 9.59 Å². The SMILES string of the molecule is C[C@H]1C[C@H]1C(=O)N1CCC(c2cc3cccnc3c(=O)[nH]2)CC1. The van der Waals surface area contributed by atoms with Crippen LogP contribution in [0.4, 0.5) is 0 Å². The van der Waals surface area contributed by atoms with Crippen molar-refractivity contribution in [2.24, 2.45) is 11.8 Å². The van der Waals surface area contributed by atoms with Gasteiger partial charge in [-0.2, -0.15) is 0 Å². The molecule has 4 rings (SSSR count). The van der Waals surface area contributed by atoms with Crippen LogP contribution in [0.25, 0.3) is 10.9 Å². The molecule has 2 atom stereocenters. The molecular weight excluding hydrogens is 290 g/mol. The number of hydrogen-bond acceptors (Lipinski definition) is 3. The summed E-state index contributed by atoms with van der Waals surface area (Å²) >= 11 is 0. The first-order valence-electron chi connectivity index (χ1n) is 8.40. The van der Waals surface area contributed by atoms with E-state index in [1.807, 2.05) is 23.1 Å². The number of H-pyrrole nitrogens is 1. The second kappa shape index (κ2) is 5.48. The van der Waals surface area contributed by atoms with Gasteiger partial charge in [0.1, 0.15) is 5.52 Å². The lowest BCUT2D eigenvalue weighted by atomic mass is 9.92. The number of nitrogens with zero attached hydrogens (tertiary/aromatic N) is 2. The molecule has 2 aliphatic rings. The van der Waals surface area contributed by atoms with Gasteiger partial charge in [0.15, 0.2) is 0 Å². The van der Waals surface area contributed by atoms with E-state index in [1.54, 1.807) is 6.20 Å². The van der Waals surface area contributed by atoms with Crippen LogP contribution in [0, 0.1) is 11.8 Å². The van der Waals surface area contributed by atoms with Crippen molar-refractivity contribution >= 4 is 16.8 Å². The molecule has 0 spiro atoms. The number of fused-ring (bicyclic) bond motifs is 1. The Balaban J connectivity index is 1.50. The van der Waals surface area contributed by atoms with Gasteiger partial charge in [-0.1, -0.05) is 13.0 Å². The monoisotopic (exact) mass is 311 g/mol. The molecular formula is C18H21N3O2. The number of hydrogen-bond donors (Lipinski definition) is 1. The lowest BCUT2D eigenvalue weighted by Crippen LogP contribution is -2.39. The summed E-state index contributed by atoms with van der Waals surface area (Å²) in [6, 6.07) is 5.81. The number of pyridine rings is 2. The minimum absolute atomic E-state index is 0.122. The highest BCUT2D eigenvalue weighted by Gasteiger charge is 2.42. The number of aromatic nitrogens is 2. The summed E-state index contributed by atoms with van der Waals surface area (Å²) in [6.07, 6.45) is 4.51. The van der Waals surface area contributed by atoms with Crippen molar-refractivity contribution in [2.45, 2.75) is 32.1 Å². The van der Waals surface area contributed by atoms with Crippen molar-refractivity contribution in [2.75, 3.05) is 13.1 Å². The zero-order valence-electron chi connectivity index (χ0n) is 13.3. The van der Waals surface area contributed by atoms with Crippen molar-refractivity contribution in [1.82, 2.24) is 14.9 Å². The minimum atomic E-state index is -0.122. The zero-order chi connectivity index (χ0) is 16.0. The highest BCUT2D eigenvalue weighted by atomic mass is 16.2. The molecule has 0 radical (unpaired) electrons. The summed E-state index contributed by atoms with van der Waals surface area (Å²) < 4.78 is 0. The fraction of sp³-hybridized carbons (Fsp3) is 0.500. The molecule has 5 nitrogen and oxygen atoms in total. The largest absolute Gasteiger partial charge is 0.342 e. The Hall–Kier alpha value is -2.17. The van der Waals surface area contributed by atoms with Gasteiger partial charge in [-0.15, -0.1) is 0 Å². The molecule has 0 bridgehead atoms. The van der Waals surface area contributed by atoms with Crippen LogP contribution in [0.5, 0.6) is 0 Å². The number of rotatable bonds is 2. The van der Waals surface area contributed by atoms with E-state index in [0.717, 1.165) is 43.4 Å². The van der Waals surface area contributed by atoms with E-state index >= 15 is 0 Å². The number of carbonyl (C=O) groups excluding carboxylic acids is 1. The first kappa shape index (κ1) is 14.4. The average molecular weight is 311 g/mol. The molecule has 1 saturated carbocycles. The van der Waals surface area contributed by atoms with E-state index in [1.165, 1.54) is 0 Å². The number of carbonyl (C=O) groups is 1. The van der Waals surface area contributed by atoms with E-state index < -0.39 is 0 Å². The maximum atomic E-state index is 12.3. The predicted molar refractivity (Wildman–Crippen MR) is 88.2 cm³/mol. The van der Waals surface area contributed by atoms with Crippen LogP contribution in [-0.2, 0) is 4.79 Å². The van der Waals surface area contributed by atoms with Crippen LogP contribution in [0.3, 0.4) is 0 Å². The van der Waals surface area contributed by atoms with Crippen molar-refractivity contribution in [3.05, 3.63) is 40.4 Å². The molecule has 1 aliphatic carbocycles. The number of nitrogens with one attached hydrogen (secondary N) is 1. The lowest BCUT2D eigenvalue weighted by Gasteiger charge is -2.32. The molecule has 2 aromatic rings. The Morgan fingerprint density at radius 1 is 1.35 bits per heavy atom.